The fraction of sp³-hybridized carbons (Fsp3) is 0.250. The van der Waals surface area contributed by atoms with Gasteiger partial charge in [0, 0.05) is 17.7 Å². The first-order valence-corrected chi connectivity index (χ1v) is 5.18. The number of nitrogens with one attached hydrogen (secondary N) is 1. The maximum absolute atomic E-state index is 13.7. The highest BCUT2D eigenvalue weighted by atomic mass is 19.1. The Hall–Kier alpha value is -1.68. The lowest BCUT2D eigenvalue weighted by atomic mass is 9.98. The first-order chi connectivity index (χ1) is 7.68. The Morgan fingerprint density at radius 1 is 1.44 bits per heavy atom. The quantitative estimate of drug-likeness (QED) is 0.789. The minimum atomic E-state index is -0.607. The molecule has 16 heavy (non-hydrogen) atoms. The molecule has 1 aromatic rings. The van der Waals surface area contributed by atoms with Crippen molar-refractivity contribution in [2.24, 2.45) is 5.73 Å². The molecule has 0 fully saturated rings. The van der Waals surface area contributed by atoms with Crippen LogP contribution in [0, 0.1) is 5.82 Å². The third-order valence-electron chi connectivity index (χ3n) is 2.66. The lowest BCUT2D eigenvalue weighted by Crippen LogP contribution is -2.20. The van der Waals surface area contributed by atoms with Gasteiger partial charge in [0.15, 0.2) is 0 Å². The summed E-state index contributed by atoms with van der Waals surface area (Å²) < 4.78 is 13.7. The number of nitrogens with two attached hydrogens (primary N) is 1. The number of primary amides is 1. The normalized spacial score (nSPS) is 15.7. The van der Waals surface area contributed by atoms with E-state index in [4.69, 9.17) is 5.73 Å². The van der Waals surface area contributed by atoms with Gasteiger partial charge in [0.25, 0.3) is 0 Å². The monoisotopic (exact) mass is 220 g/mol. The third kappa shape index (κ3) is 2.12. The Morgan fingerprint density at radius 2 is 2.25 bits per heavy atom. The molecule has 0 atom stereocenters. The highest BCUT2D eigenvalue weighted by molar-refractivity contribution is 5.93. The second kappa shape index (κ2) is 4.45. The zero-order valence-corrected chi connectivity index (χ0v) is 8.79. The van der Waals surface area contributed by atoms with Crippen LogP contribution in [0.2, 0.25) is 0 Å². The smallest absolute Gasteiger partial charge is 0.248 e. The minimum Gasteiger partial charge on any atom is -0.366 e. The molecule has 0 saturated carbocycles. The van der Waals surface area contributed by atoms with Crippen molar-refractivity contribution >= 4 is 11.5 Å². The van der Waals surface area contributed by atoms with Crippen LogP contribution in [-0.4, -0.2) is 19.0 Å². The Kier molecular flexibility index (Phi) is 3.01. The molecule has 3 nitrogen and oxygen atoms in total. The van der Waals surface area contributed by atoms with E-state index in [0.29, 0.717) is 5.56 Å². The van der Waals surface area contributed by atoms with Crippen molar-refractivity contribution in [3.63, 3.8) is 0 Å². The van der Waals surface area contributed by atoms with Crippen LogP contribution < -0.4 is 11.1 Å². The molecule has 0 spiro atoms. The van der Waals surface area contributed by atoms with Gasteiger partial charge >= 0.3 is 0 Å². The van der Waals surface area contributed by atoms with E-state index in [-0.39, 0.29) is 11.4 Å². The molecule has 0 unspecified atom stereocenters. The van der Waals surface area contributed by atoms with Crippen molar-refractivity contribution < 1.29 is 9.18 Å². The van der Waals surface area contributed by atoms with Gasteiger partial charge in [0.2, 0.25) is 5.91 Å². The van der Waals surface area contributed by atoms with Crippen LogP contribution in [0.1, 0.15) is 22.3 Å². The van der Waals surface area contributed by atoms with E-state index in [1.54, 1.807) is 12.1 Å². The summed E-state index contributed by atoms with van der Waals surface area (Å²) in [7, 11) is 0. The van der Waals surface area contributed by atoms with Crippen LogP contribution in [0.5, 0.6) is 0 Å². The van der Waals surface area contributed by atoms with E-state index < -0.39 is 5.91 Å². The van der Waals surface area contributed by atoms with Crippen molar-refractivity contribution in [1.29, 1.82) is 0 Å². The number of amides is 1. The van der Waals surface area contributed by atoms with Crippen LogP contribution in [-0.2, 0) is 0 Å². The van der Waals surface area contributed by atoms with Crippen LogP contribution in [0.3, 0.4) is 0 Å². The van der Waals surface area contributed by atoms with Gasteiger partial charge in [-0.15, -0.1) is 0 Å². The van der Waals surface area contributed by atoms with Gasteiger partial charge in [-0.25, -0.2) is 4.39 Å². The van der Waals surface area contributed by atoms with Crippen LogP contribution in [0.15, 0.2) is 24.3 Å². The highest BCUT2D eigenvalue weighted by Crippen LogP contribution is 2.23. The van der Waals surface area contributed by atoms with E-state index in [2.05, 4.69) is 5.32 Å². The zero-order valence-electron chi connectivity index (χ0n) is 8.79. The van der Waals surface area contributed by atoms with Gasteiger partial charge in [-0.3, -0.25) is 4.79 Å². The molecule has 1 heterocycles. The summed E-state index contributed by atoms with van der Waals surface area (Å²) in [5, 5.41) is 3.16. The van der Waals surface area contributed by atoms with Crippen molar-refractivity contribution in [3.05, 3.63) is 41.2 Å². The predicted molar refractivity (Wildman–Crippen MR) is 60.4 cm³/mol. The van der Waals surface area contributed by atoms with Gasteiger partial charge < -0.3 is 11.1 Å². The van der Waals surface area contributed by atoms with Gasteiger partial charge in [-0.1, -0.05) is 12.1 Å². The van der Waals surface area contributed by atoms with Crippen molar-refractivity contribution in [1.82, 2.24) is 5.32 Å². The maximum Gasteiger partial charge on any atom is 0.248 e. The Labute approximate surface area is 93.1 Å². The van der Waals surface area contributed by atoms with Crippen molar-refractivity contribution in [3.8, 4) is 0 Å². The average molecular weight is 220 g/mol. The second-order valence-electron chi connectivity index (χ2n) is 3.74. The molecule has 1 aliphatic heterocycles. The SMILES string of the molecule is NC(=O)c1ccc(C2=CCNCC2)c(F)c1. The van der Waals surface area contributed by atoms with Crippen molar-refractivity contribution in [2.75, 3.05) is 13.1 Å². The average Bonchev–Trinajstić information content (AvgIpc) is 2.30. The van der Waals surface area contributed by atoms with E-state index >= 15 is 0 Å². The molecule has 1 aliphatic rings. The van der Waals surface area contributed by atoms with Gasteiger partial charge in [-0.05, 0) is 30.7 Å². The third-order valence-corrected chi connectivity index (χ3v) is 2.66. The molecule has 0 saturated heterocycles. The standard InChI is InChI=1S/C12H13FN2O/c13-11-7-9(12(14)16)1-2-10(11)8-3-5-15-6-4-8/h1-3,7,15H,4-6H2,(H2,14,16). The zero-order chi connectivity index (χ0) is 11.5. The summed E-state index contributed by atoms with van der Waals surface area (Å²) in [6.45, 7) is 1.61. The molecular weight excluding hydrogens is 207 g/mol. The lowest BCUT2D eigenvalue weighted by Gasteiger charge is -2.15. The van der Waals surface area contributed by atoms with Crippen LogP contribution in [0.25, 0.3) is 5.57 Å². The number of hydrogen-bond acceptors (Lipinski definition) is 2. The van der Waals surface area contributed by atoms with Gasteiger partial charge in [-0.2, -0.15) is 0 Å². The topological polar surface area (TPSA) is 55.1 Å². The summed E-state index contributed by atoms with van der Waals surface area (Å²) in [5.41, 5.74) is 6.83. The summed E-state index contributed by atoms with van der Waals surface area (Å²) in [4.78, 5) is 10.9. The summed E-state index contributed by atoms with van der Waals surface area (Å²) >= 11 is 0. The highest BCUT2D eigenvalue weighted by Gasteiger charge is 2.12. The van der Waals surface area contributed by atoms with Crippen LogP contribution >= 0.6 is 0 Å². The largest absolute Gasteiger partial charge is 0.366 e. The van der Waals surface area contributed by atoms with E-state index in [0.717, 1.165) is 25.1 Å². The molecule has 0 aromatic heterocycles. The predicted octanol–water partition coefficient (Wildman–Crippen LogP) is 1.30. The number of carbonyl (C=O) groups is 1. The Morgan fingerprint density at radius 3 is 2.81 bits per heavy atom. The molecule has 4 heteroatoms. The molecule has 0 aliphatic carbocycles. The van der Waals surface area contributed by atoms with Gasteiger partial charge in [0.05, 0.1) is 0 Å². The first-order valence-electron chi connectivity index (χ1n) is 5.18. The van der Waals surface area contributed by atoms with Gasteiger partial charge in [0.1, 0.15) is 5.82 Å². The molecule has 0 bridgehead atoms. The Balaban J connectivity index is 2.35. The minimum absolute atomic E-state index is 0.204. The molecule has 1 aromatic carbocycles. The van der Waals surface area contributed by atoms with E-state index in [1.165, 1.54) is 6.07 Å². The summed E-state index contributed by atoms with van der Waals surface area (Å²) in [5.74, 6) is -0.991. The number of halogens is 1. The summed E-state index contributed by atoms with van der Waals surface area (Å²) in [6.07, 6.45) is 2.76. The molecule has 84 valence electrons. The number of carbonyl (C=O) groups excluding carboxylic acids is 1. The Bertz CT molecular complexity index is 454. The number of hydrogen-bond donors (Lipinski definition) is 2. The van der Waals surface area contributed by atoms with E-state index in [9.17, 15) is 9.18 Å². The fourth-order valence-corrected chi connectivity index (χ4v) is 1.80. The number of rotatable bonds is 2. The molecule has 1 amide bonds. The number of benzene rings is 1. The maximum atomic E-state index is 13.7. The summed E-state index contributed by atoms with van der Waals surface area (Å²) in [6, 6.07) is 4.37. The van der Waals surface area contributed by atoms with Crippen molar-refractivity contribution in [2.45, 2.75) is 6.42 Å². The molecule has 2 rings (SSSR count). The fourth-order valence-electron chi connectivity index (χ4n) is 1.80. The van der Waals surface area contributed by atoms with E-state index in [1.807, 2.05) is 6.08 Å². The second-order valence-corrected chi connectivity index (χ2v) is 3.74. The molecule has 3 N–H and O–H groups in total. The van der Waals surface area contributed by atoms with Crippen LogP contribution in [0.4, 0.5) is 4.39 Å². The molecule has 0 radical (unpaired) electrons. The first kappa shape index (κ1) is 10.8. The molecular formula is C12H13FN2O. The lowest BCUT2D eigenvalue weighted by molar-refractivity contribution is 0.1000.